The number of alkyl halides is 1. The third-order valence-corrected chi connectivity index (χ3v) is 3.22. The van der Waals surface area contributed by atoms with Gasteiger partial charge in [0.2, 0.25) is 0 Å². The number of halogens is 1. The minimum Gasteiger partial charge on any atom is -0.300 e. The van der Waals surface area contributed by atoms with Crippen molar-refractivity contribution < 1.29 is 4.79 Å². The lowest BCUT2D eigenvalue weighted by atomic mass is 10.1. The third kappa shape index (κ3) is 14.2. The summed E-state index contributed by atoms with van der Waals surface area (Å²) >= 11 is 3.44. The summed E-state index contributed by atoms with van der Waals surface area (Å²) < 4.78 is 0. The lowest BCUT2D eigenvalue weighted by Crippen LogP contribution is -1.89. The standard InChI is InChI=1S/C13H25BrO/c1-13(15)11-9-7-5-3-2-4-6-8-10-12-14/h2-12H2,1H3. The summed E-state index contributed by atoms with van der Waals surface area (Å²) in [6, 6.07) is 0. The van der Waals surface area contributed by atoms with Gasteiger partial charge in [-0.05, 0) is 19.8 Å². The van der Waals surface area contributed by atoms with E-state index in [1.54, 1.807) is 6.92 Å². The summed E-state index contributed by atoms with van der Waals surface area (Å²) in [5.74, 6) is 0.338. The van der Waals surface area contributed by atoms with Gasteiger partial charge in [-0.2, -0.15) is 0 Å². The van der Waals surface area contributed by atoms with Crippen LogP contribution in [-0.2, 0) is 4.79 Å². The van der Waals surface area contributed by atoms with Gasteiger partial charge >= 0.3 is 0 Å². The Hall–Kier alpha value is 0.150. The van der Waals surface area contributed by atoms with Crippen LogP contribution in [0, 0.1) is 0 Å². The molecule has 0 atom stereocenters. The summed E-state index contributed by atoms with van der Waals surface area (Å²) in [7, 11) is 0. The van der Waals surface area contributed by atoms with Gasteiger partial charge in [0, 0.05) is 11.8 Å². The molecule has 0 heterocycles. The van der Waals surface area contributed by atoms with Crippen molar-refractivity contribution in [3.63, 3.8) is 0 Å². The van der Waals surface area contributed by atoms with Crippen molar-refractivity contribution in [2.45, 2.75) is 71.1 Å². The molecule has 0 spiro atoms. The SMILES string of the molecule is CC(=O)CCCCCCCCCCCBr. The van der Waals surface area contributed by atoms with E-state index in [0.29, 0.717) is 5.78 Å². The Morgan fingerprint density at radius 3 is 1.60 bits per heavy atom. The van der Waals surface area contributed by atoms with Crippen LogP contribution < -0.4 is 0 Å². The number of carbonyl (C=O) groups is 1. The van der Waals surface area contributed by atoms with Gasteiger partial charge in [0.25, 0.3) is 0 Å². The van der Waals surface area contributed by atoms with Crippen LogP contribution in [-0.4, -0.2) is 11.1 Å². The molecule has 0 unspecified atom stereocenters. The Kier molecular flexibility index (Phi) is 12.3. The lowest BCUT2D eigenvalue weighted by Gasteiger charge is -2.01. The molecule has 0 bridgehead atoms. The van der Waals surface area contributed by atoms with Gasteiger partial charge in [-0.1, -0.05) is 60.9 Å². The van der Waals surface area contributed by atoms with E-state index < -0.39 is 0 Å². The third-order valence-electron chi connectivity index (χ3n) is 2.66. The number of unbranched alkanes of at least 4 members (excludes halogenated alkanes) is 8. The molecule has 0 saturated heterocycles. The number of carbonyl (C=O) groups excluding carboxylic acids is 1. The Balaban J connectivity index is 2.89. The van der Waals surface area contributed by atoms with E-state index in [-0.39, 0.29) is 0 Å². The molecule has 0 amide bonds. The van der Waals surface area contributed by atoms with E-state index in [4.69, 9.17) is 0 Å². The van der Waals surface area contributed by atoms with Crippen LogP contribution in [0.4, 0.5) is 0 Å². The van der Waals surface area contributed by atoms with Crippen LogP contribution in [0.2, 0.25) is 0 Å². The first kappa shape index (κ1) is 15.2. The van der Waals surface area contributed by atoms with Gasteiger partial charge in [-0.15, -0.1) is 0 Å². The second-order valence-electron chi connectivity index (χ2n) is 4.32. The maximum atomic E-state index is 10.7. The summed E-state index contributed by atoms with van der Waals surface area (Å²) in [4.78, 5) is 10.7. The molecule has 0 radical (unpaired) electrons. The molecule has 1 nitrogen and oxygen atoms in total. The molecule has 15 heavy (non-hydrogen) atoms. The molecule has 0 aliphatic rings. The summed E-state index contributed by atoms with van der Waals surface area (Å²) in [5.41, 5.74) is 0. The van der Waals surface area contributed by atoms with E-state index in [1.807, 2.05) is 0 Å². The van der Waals surface area contributed by atoms with E-state index in [2.05, 4.69) is 15.9 Å². The maximum Gasteiger partial charge on any atom is 0.129 e. The molecule has 0 aliphatic heterocycles. The van der Waals surface area contributed by atoms with Crippen LogP contribution in [0.1, 0.15) is 71.1 Å². The minimum atomic E-state index is 0.338. The predicted molar refractivity (Wildman–Crippen MR) is 70.6 cm³/mol. The minimum absolute atomic E-state index is 0.338. The second-order valence-corrected chi connectivity index (χ2v) is 5.12. The summed E-state index contributed by atoms with van der Waals surface area (Å²) in [6.45, 7) is 1.68. The van der Waals surface area contributed by atoms with Gasteiger partial charge in [-0.25, -0.2) is 0 Å². The van der Waals surface area contributed by atoms with Gasteiger partial charge in [-0.3, -0.25) is 0 Å². The first-order chi connectivity index (χ1) is 7.27. The van der Waals surface area contributed by atoms with Gasteiger partial charge < -0.3 is 4.79 Å². The molecule has 0 rings (SSSR count). The summed E-state index contributed by atoms with van der Waals surface area (Å²) in [6.07, 6.45) is 12.6. The molecule has 90 valence electrons. The smallest absolute Gasteiger partial charge is 0.129 e. The van der Waals surface area contributed by atoms with Crippen LogP contribution in [0.3, 0.4) is 0 Å². The van der Waals surface area contributed by atoms with Crippen molar-refractivity contribution in [1.29, 1.82) is 0 Å². The van der Waals surface area contributed by atoms with Crippen molar-refractivity contribution in [2.75, 3.05) is 5.33 Å². The highest BCUT2D eigenvalue weighted by Gasteiger charge is 1.94. The Labute approximate surface area is 103 Å². The molecule has 0 aromatic heterocycles. The number of hydrogen-bond donors (Lipinski definition) is 0. The maximum absolute atomic E-state index is 10.7. The fourth-order valence-electron chi connectivity index (χ4n) is 1.71. The number of rotatable bonds is 11. The highest BCUT2D eigenvalue weighted by atomic mass is 79.9. The van der Waals surface area contributed by atoms with Crippen molar-refractivity contribution in [1.82, 2.24) is 0 Å². The number of hydrogen-bond acceptors (Lipinski definition) is 1. The Bertz CT molecular complexity index is 145. The van der Waals surface area contributed by atoms with Crippen molar-refractivity contribution >= 4 is 21.7 Å². The lowest BCUT2D eigenvalue weighted by molar-refractivity contribution is -0.117. The largest absolute Gasteiger partial charge is 0.300 e. The quantitative estimate of drug-likeness (QED) is 0.389. The molecule has 0 saturated carbocycles. The molecule has 0 aromatic carbocycles. The van der Waals surface area contributed by atoms with Crippen molar-refractivity contribution in [3.05, 3.63) is 0 Å². The fourth-order valence-corrected chi connectivity index (χ4v) is 2.10. The van der Waals surface area contributed by atoms with E-state index in [0.717, 1.165) is 18.2 Å². The van der Waals surface area contributed by atoms with Gasteiger partial charge in [0.1, 0.15) is 5.78 Å². The molecule has 0 fully saturated rings. The van der Waals surface area contributed by atoms with Gasteiger partial charge in [0.05, 0.1) is 0 Å². The monoisotopic (exact) mass is 276 g/mol. The van der Waals surface area contributed by atoms with Crippen LogP contribution in [0.15, 0.2) is 0 Å². The normalized spacial score (nSPS) is 10.5. The molecule has 0 N–H and O–H groups in total. The fraction of sp³-hybridized carbons (Fsp3) is 0.923. The van der Waals surface area contributed by atoms with Crippen molar-refractivity contribution in [2.24, 2.45) is 0 Å². The number of Topliss-reactive ketones (excluding diaryl/α,β-unsaturated/α-hetero) is 1. The average molecular weight is 277 g/mol. The summed E-state index contributed by atoms with van der Waals surface area (Å²) in [5, 5.41) is 1.15. The Morgan fingerprint density at radius 2 is 1.20 bits per heavy atom. The van der Waals surface area contributed by atoms with Crippen molar-refractivity contribution in [3.8, 4) is 0 Å². The molecular weight excluding hydrogens is 252 g/mol. The first-order valence-corrected chi connectivity index (χ1v) is 7.45. The second kappa shape index (κ2) is 12.2. The van der Waals surface area contributed by atoms with Crippen LogP contribution >= 0.6 is 15.9 Å². The average Bonchev–Trinajstić information content (AvgIpc) is 2.20. The molecular formula is C13H25BrO. The zero-order valence-corrected chi connectivity index (χ0v) is 11.7. The predicted octanol–water partition coefficient (Wildman–Crippen LogP) is 4.87. The van der Waals surface area contributed by atoms with Crippen LogP contribution in [0.25, 0.3) is 0 Å². The zero-order valence-electron chi connectivity index (χ0n) is 10.1. The highest BCUT2D eigenvalue weighted by molar-refractivity contribution is 9.09. The van der Waals surface area contributed by atoms with E-state index in [1.165, 1.54) is 51.4 Å². The van der Waals surface area contributed by atoms with E-state index in [9.17, 15) is 4.79 Å². The molecule has 2 heteroatoms. The Morgan fingerprint density at radius 1 is 0.800 bits per heavy atom. The molecule has 0 aromatic rings. The number of ketones is 1. The topological polar surface area (TPSA) is 17.1 Å². The molecule has 0 aliphatic carbocycles. The first-order valence-electron chi connectivity index (χ1n) is 6.32. The van der Waals surface area contributed by atoms with Crippen LogP contribution in [0.5, 0.6) is 0 Å². The zero-order chi connectivity index (χ0) is 11.4. The van der Waals surface area contributed by atoms with Gasteiger partial charge in [0.15, 0.2) is 0 Å². The highest BCUT2D eigenvalue weighted by Crippen LogP contribution is 2.10. The van der Waals surface area contributed by atoms with E-state index >= 15 is 0 Å².